The van der Waals surface area contributed by atoms with E-state index in [0.717, 1.165) is 18.7 Å². The fourth-order valence-corrected chi connectivity index (χ4v) is 1.51. The maximum Gasteiger partial charge on any atom is 0.0961 e. The molecule has 1 saturated heterocycles. The van der Waals surface area contributed by atoms with E-state index in [4.69, 9.17) is 5.26 Å². The fourth-order valence-electron chi connectivity index (χ4n) is 1.51. The van der Waals surface area contributed by atoms with E-state index in [2.05, 4.69) is 16.7 Å². The van der Waals surface area contributed by atoms with Gasteiger partial charge >= 0.3 is 0 Å². The van der Waals surface area contributed by atoms with Crippen LogP contribution in [0.15, 0.2) is 11.6 Å². The molecule has 52 valence electrons. The van der Waals surface area contributed by atoms with E-state index < -0.39 is 0 Å². The molecule has 2 aliphatic heterocycles. The van der Waals surface area contributed by atoms with E-state index in [1.54, 1.807) is 0 Å². The van der Waals surface area contributed by atoms with Crippen LogP contribution in [-0.4, -0.2) is 25.2 Å². The largest absolute Gasteiger partial charge is 0.313 e. The van der Waals surface area contributed by atoms with Crippen LogP contribution in [0.2, 0.25) is 0 Å². The van der Waals surface area contributed by atoms with Crippen LogP contribution < -0.4 is 10.6 Å². The first-order valence-corrected chi connectivity index (χ1v) is 3.49. The first kappa shape index (κ1) is 5.90. The third kappa shape index (κ3) is 0.737. The molecule has 0 unspecified atom stereocenters. The molecule has 2 rings (SSSR count). The Bertz CT molecular complexity index is 213. The normalized spacial score (nSPS) is 36.9. The van der Waals surface area contributed by atoms with Crippen LogP contribution >= 0.6 is 0 Å². The minimum absolute atomic E-state index is 0.281. The van der Waals surface area contributed by atoms with Gasteiger partial charge in [0.1, 0.15) is 0 Å². The van der Waals surface area contributed by atoms with Crippen LogP contribution in [0, 0.1) is 11.3 Å². The molecule has 0 spiro atoms. The zero-order valence-corrected chi connectivity index (χ0v) is 5.59. The SMILES string of the molecule is N#CC1=C[C@@H]2CNC[C@H]1N2. The highest BCUT2D eigenvalue weighted by Gasteiger charge is 2.28. The van der Waals surface area contributed by atoms with Gasteiger partial charge in [0.15, 0.2) is 0 Å². The number of nitrogens with zero attached hydrogens (tertiary/aromatic N) is 1. The molecule has 3 heteroatoms. The summed E-state index contributed by atoms with van der Waals surface area (Å²) in [4.78, 5) is 0. The molecular weight excluding hydrogens is 126 g/mol. The molecule has 1 fully saturated rings. The van der Waals surface area contributed by atoms with Crippen LogP contribution in [0.3, 0.4) is 0 Å². The first-order valence-electron chi connectivity index (χ1n) is 3.49. The summed E-state index contributed by atoms with van der Waals surface area (Å²) in [6.45, 7) is 1.86. The van der Waals surface area contributed by atoms with Crippen molar-refractivity contribution in [1.82, 2.24) is 10.6 Å². The predicted octanol–water partition coefficient (Wildman–Crippen LogP) is -0.620. The van der Waals surface area contributed by atoms with Crippen LogP contribution in [0.5, 0.6) is 0 Å². The average molecular weight is 135 g/mol. The molecule has 2 heterocycles. The van der Waals surface area contributed by atoms with Crippen LogP contribution in [-0.2, 0) is 0 Å². The highest BCUT2D eigenvalue weighted by atomic mass is 15.1. The topological polar surface area (TPSA) is 47.9 Å². The zero-order chi connectivity index (χ0) is 6.97. The van der Waals surface area contributed by atoms with Crippen molar-refractivity contribution in [1.29, 1.82) is 5.26 Å². The van der Waals surface area contributed by atoms with Crippen molar-refractivity contribution in [2.45, 2.75) is 12.1 Å². The Morgan fingerprint density at radius 2 is 2.50 bits per heavy atom. The van der Waals surface area contributed by atoms with Crippen LogP contribution in [0.25, 0.3) is 0 Å². The first-order chi connectivity index (χ1) is 4.90. The monoisotopic (exact) mass is 135 g/mol. The molecule has 0 radical (unpaired) electrons. The van der Waals surface area contributed by atoms with E-state index in [9.17, 15) is 0 Å². The molecule has 10 heavy (non-hydrogen) atoms. The zero-order valence-electron chi connectivity index (χ0n) is 5.59. The number of fused-ring (bicyclic) bond motifs is 2. The van der Waals surface area contributed by atoms with Gasteiger partial charge in [-0.15, -0.1) is 0 Å². The van der Waals surface area contributed by atoms with Crippen LogP contribution in [0.1, 0.15) is 0 Å². The van der Waals surface area contributed by atoms with E-state index in [1.165, 1.54) is 0 Å². The second-order valence-electron chi connectivity index (χ2n) is 2.72. The van der Waals surface area contributed by atoms with Crippen LogP contribution in [0.4, 0.5) is 0 Å². The van der Waals surface area contributed by atoms with Crippen molar-refractivity contribution in [3.63, 3.8) is 0 Å². The third-order valence-electron chi connectivity index (χ3n) is 2.01. The average Bonchev–Trinajstić information content (AvgIpc) is 2.26. The van der Waals surface area contributed by atoms with Gasteiger partial charge in [0.2, 0.25) is 0 Å². The minimum atomic E-state index is 0.281. The number of rotatable bonds is 0. The summed E-state index contributed by atoms with van der Waals surface area (Å²) < 4.78 is 0. The third-order valence-corrected chi connectivity index (χ3v) is 2.01. The number of nitriles is 1. The maximum atomic E-state index is 8.63. The van der Waals surface area contributed by atoms with Gasteiger partial charge in [-0.05, 0) is 0 Å². The lowest BCUT2D eigenvalue weighted by Crippen LogP contribution is -2.50. The Hall–Kier alpha value is -0.850. The lowest BCUT2D eigenvalue weighted by Gasteiger charge is -2.22. The summed E-state index contributed by atoms with van der Waals surface area (Å²) in [6.07, 6.45) is 2.02. The lowest BCUT2D eigenvalue weighted by atomic mass is 10.1. The second-order valence-corrected chi connectivity index (χ2v) is 2.72. The van der Waals surface area contributed by atoms with Gasteiger partial charge in [-0.3, -0.25) is 0 Å². The molecule has 2 bridgehead atoms. The molecular formula is C7H9N3. The quantitative estimate of drug-likeness (QED) is 0.465. The number of nitrogens with one attached hydrogen (secondary N) is 2. The highest BCUT2D eigenvalue weighted by molar-refractivity contribution is 5.35. The standard InChI is InChI=1S/C7H9N3/c8-2-5-1-6-3-9-4-7(5)10-6/h1,6-7,9-10H,3-4H2/t6-,7-/m1/s1. The predicted molar refractivity (Wildman–Crippen MR) is 37.3 cm³/mol. The van der Waals surface area contributed by atoms with Crippen molar-refractivity contribution in [3.8, 4) is 6.07 Å². The molecule has 0 saturated carbocycles. The van der Waals surface area contributed by atoms with Gasteiger partial charge in [-0.25, -0.2) is 0 Å². The molecule has 0 aromatic heterocycles. The van der Waals surface area contributed by atoms with Crippen molar-refractivity contribution in [2.75, 3.05) is 13.1 Å². The van der Waals surface area contributed by atoms with Crippen molar-refractivity contribution in [2.24, 2.45) is 0 Å². The maximum absolute atomic E-state index is 8.63. The Morgan fingerprint density at radius 1 is 1.60 bits per heavy atom. The molecule has 3 nitrogen and oxygen atoms in total. The summed E-state index contributed by atoms with van der Waals surface area (Å²) >= 11 is 0. The Balaban J connectivity index is 2.23. The summed E-state index contributed by atoms with van der Waals surface area (Å²) in [5.74, 6) is 0. The molecule has 2 aliphatic rings. The molecule has 0 aromatic carbocycles. The number of hydrogen-bond donors (Lipinski definition) is 2. The lowest BCUT2D eigenvalue weighted by molar-refractivity contribution is 0.440. The van der Waals surface area contributed by atoms with E-state index in [-0.39, 0.29) is 6.04 Å². The minimum Gasteiger partial charge on any atom is -0.313 e. The van der Waals surface area contributed by atoms with Crippen molar-refractivity contribution >= 4 is 0 Å². The van der Waals surface area contributed by atoms with Gasteiger partial charge in [0.05, 0.1) is 12.1 Å². The number of piperazine rings is 1. The van der Waals surface area contributed by atoms with Gasteiger partial charge in [0.25, 0.3) is 0 Å². The van der Waals surface area contributed by atoms with Gasteiger partial charge in [-0.2, -0.15) is 5.26 Å². The Morgan fingerprint density at radius 3 is 3.20 bits per heavy atom. The van der Waals surface area contributed by atoms with Gasteiger partial charge < -0.3 is 10.6 Å². The van der Waals surface area contributed by atoms with Gasteiger partial charge in [-0.1, -0.05) is 6.08 Å². The Kier molecular flexibility index (Phi) is 1.23. The fraction of sp³-hybridized carbons (Fsp3) is 0.571. The second kappa shape index (κ2) is 2.08. The smallest absolute Gasteiger partial charge is 0.0961 e. The van der Waals surface area contributed by atoms with Crippen molar-refractivity contribution in [3.05, 3.63) is 11.6 Å². The Labute approximate surface area is 59.7 Å². The molecule has 0 amide bonds. The highest BCUT2D eigenvalue weighted by Crippen LogP contribution is 2.14. The van der Waals surface area contributed by atoms with E-state index in [1.807, 2.05) is 6.08 Å². The summed E-state index contributed by atoms with van der Waals surface area (Å²) in [6, 6.07) is 2.87. The van der Waals surface area contributed by atoms with E-state index in [0.29, 0.717) is 6.04 Å². The molecule has 0 aromatic rings. The molecule has 2 atom stereocenters. The summed E-state index contributed by atoms with van der Waals surface area (Å²) in [7, 11) is 0. The number of hydrogen-bond acceptors (Lipinski definition) is 3. The molecule has 2 N–H and O–H groups in total. The van der Waals surface area contributed by atoms with Gasteiger partial charge in [0, 0.05) is 24.7 Å². The van der Waals surface area contributed by atoms with E-state index >= 15 is 0 Å². The summed E-state index contributed by atoms with van der Waals surface area (Å²) in [5.41, 5.74) is 0.898. The summed E-state index contributed by atoms with van der Waals surface area (Å²) in [5, 5.41) is 15.2. The van der Waals surface area contributed by atoms with Crippen molar-refractivity contribution < 1.29 is 0 Å². The molecule has 0 aliphatic carbocycles.